The summed E-state index contributed by atoms with van der Waals surface area (Å²) in [6, 6.07) is -8.82. The van der Waals surface area contributed by atoms with Crippen LogP contribution in [0.5, 0.6) is 0 Å². The van der Waals surface area contributed by atoms with Gasteiger partial charge in [0.2, 0.25) is 35.4 Å². The lowest BCUT2D eigenvalue weighted by molar-refractivity contribution is -0.142. The van der Waals surface area contributed by atoms with Crippen LogP contribution >= 0.6 is 0 Å². The molecule has 0 bridgehead atoms. The van der Waals surface area contributed by atoms with Crippen LogP contribution in [0.1, 0.15) is 65.7 Å². The van der Waals surface area contributed by atoms with Crippen molar-refractivity contribution in [3.05, 3.63) is 0 Å². The maximum atomic E-state index is 13.2. The number of nitrogens with two attached hydrogens (primary N) is 2. The number of aliphatic hydroxyl groups is 1. The summed E-state index contributed by atoms with van der Waals surface area (Å²) >= 11 is 0. The Morgan fingerprint density at radius 1 is 0.640 bits per heavy atom. The third-order valence-electron chi connectivity index (χ3n) is 6.92. The van der Waals surface area contributed by atoms with Crippen LogP contribution in [0.3, 0.4) is 0 Å². The predicted molar refractivity (Wildman–Crippen MR) is 173 cm³/mol. The van der Waals surface area contributed by atoms with Crippen molar-refractivity contribution >= 4 is 53.4 Å². The SMILES string of the molecule is CC(C)C[C@H](NC(=O)[C@H](CO)NC(=O)[C@H](CCC(=O)O)NC(=O)[C@H](CC(=O)O)NC(=O)CNC(=O)[C@@H](N)CCCCN)C(=O)N[C@@H](C)C(=O)O. The molecule has 6 amide bonds. The zero-order valence-electron chi connectivity index (χ0n) is 28.2. The van der Waals surface area contributed by atoms with Crippen molar-refractivity contribution < 1.29 is 63.6 Å². The van der Waals surface area contributed by atoms with E-state index in [-0.39, 0.29) is 18.8 Å². The van der Waals surface area contributed by atoms with E-state index in [1.165, 1.54) is 6.92 Å². The average Bonchev–Trinajstić information content (AvgIpc) is 3.02. The van der Waals surface area contributed by atoms with Gasteiger partial charge in [-0.05, 0) is 45.1 Å². The van der Waals surface area contributed by atoms with Gasteiger partial charge in [0, 0.05) is 6.42 Å². The van der Waals surface area contributed by atoms with Crippen LogP contribution in [0.4, 0.5) is 0 Å². The molecule has 0 rings (SSSR count). The van der Waals surface area contributed by atoms with E-state index in [1.807, 2.05) is 0 Å². The maximum Gasteiger partial charge on any atom is 0.325 e. The number of hydrogen-bond donors (Lipinski definition) is 12. The van der Waals surface area contributed by atoms with E-state index < -0.39 is 122 Å². The Balaban J connectivity index is 5.78. The molecule has 6 atom stereocenters. The van der Waals surface area contributed by atoms with Gasteiger partial charge < -0.3 is 63.8 Å². The Hall–Kier alpha value is -4.89. The van der Waals surface area contributed by atoms with E-state index >= 15 is 0 Å². The normalized spacial score (nSPS) is 14.5. The second-order valence-corrected chi connectivity index (χ2v) is 11.8. The van der Waals surface area contributed by atoms with Gasteiger partial charge in [0.25, 0.3) is 0 Å². The molecular weight excluding hydrogens is 668 g/mol. The molecule has 0 aromatic rings. The minimum Gasteiger partial charge on any atom is -0.481 e. The Kier molecular flexibility index (Phi) is 21.2. The number of hydrogen-bond acceptors (Lipinski definition) is 12. The summed E-state index contributed by atoms with van der Waals surface area (Å²) in [7, 11) is 0. The van der Waals surface area contributed by atoms with Crippen LogP contribution < -0.4 is 43.4 Å². The fourth-order valence-corrected chi connectivity index (χ4v) is 4.19. The van der Waals surface area contributed by atoms with Gasteiger partial charge in [-0.1, -0.05) is 20.3 Å². The lowest BCUT2D eigenvalue weighted by Gasteiger charge is -2.26. The molecule has 0 saturated carbocycles. The first-order valence-electron chi connectivity index (χ1n) is 15.8. The van der Waals surface area contributed by atoms with E-state index in [1.54, 1.807) is 13.8 Å². The van der Waals surface area contributed by atoms with E-state index in [9.17, 15) is 53.4 Å². The summed E-state index contributed by atoms with van der Waals surface area (Å²) in [4.78, 5) is 110. The van der Waals surface area contributed by atoms with Crippen molar-refractivity contribution in [1.29, 1.82) is 0 Å². The summed E-state index contributed by atoms with van der Waals surface area (Å²) in [6.07, 6.45) is -0.756. The highest BCUT2D eigenvalue weighted by Gasteiger charge is 2.33. The van der Waals surface area contributed by atoms with Crippen LogP contribution in [0, 0.1) is 5.92 Å². The quantitative estimate of drug-likeness (QED) is 0.0396. The second kappa shape index (κ2) is 23.5. The topological polar surface area (TPSA) is 359 Å². The van der Waals surface area contributed by atoms with Gasteiger partial charge in [-0.15, -0.1) is 0 Å². The van der Waals surface area contributed by atoms with E-state index in [2.05, 4.69) is 31.9 Å². The van der Waals surface area contributed by atoms with Crippen molar-refractivity contribution in [1.82, 2.24) is 31.9 Å². The maximum absolute atomic E-state index is 13.2. The Bertz CT molecular complexity index is 1220. The van der Waals surface area contributed by atoms with Crippen molar-refractivity contribution in [2.24, 2.45) is 17.4 Å². The molecule has 21 nitrogen and oxygen atoms in total. The first kappa shape index (κ1) is 45.1. The van der Waals surface area contributed by atoms with Gasteiger partial charge in [0.15, 0.2) is 0 Å². The Morgan fingerprint density at radius 3 is 1.70 bits per heavy atom. The molecule has 0 aliphatic heterocycles. The molecule has 0 aliphatic rings. The van der Waals surface area contributed by atoms with Gasteiger partial charge in [-0.3, -0.25) is 43.2 Å². The minimum atomic E-state index is -1.81. The molecule has 0 aromatic heterocycles. The lowest BCUT2D eigenvalue weighted by Crippen LogP contribution is -2.60. The van der Waals surface area contributed by atoms with Gasteiger partial charge in [-0.25, -0.2) is 0 Å². The van der Waals surface area contributed by atoms with Gasteiger partial charge in [0.05, 0.1) is 25.6 Å². The smallest absolute Gasteiger partial charge is 0.325 e. The van der Waals surface area contributed by atoms with E-state index in [0.717, 1.165) is 0 Å². The number of carbonyl (C=O) groups excluding carboxylic acids is 6. The van der Waals surface area contributed by atoms with Crippen LogP contribution in [0.15, 0.2) is 0 Å². The van der Waals surface area contributed by atoms with Crippen LogP contribution in [-0.2, 0) is 43.2 Å². The van der Waals surface area contributed by atoms with Crippen LogP contribution in [0.2, 0.25) is 0 Å². The van der Waals surface area contributed by atoms with E-state index in [0.29, 0.717) is 19.4 Å². The lowest BCUT2D eigenvalue weighted by atomic mass is 10.0. The Morgan fingerprint density at radius 2 is 1.18 bits per heavy atom. The number of aliphatic hydroxyl groups excluding tert-OH is 1. The molecule has 0 fully saturated rings. The molecule has 0 spiro atoms. The zero-order chi connectivity index (χ0) is 38.6. The number of nitrogens with one attached hydrogen (secondary N) is 6. The van der Waals surface area contributed by atoms with Crippen molar-refractivity contribution in [3.8, 4) is 0 Å². The largest absolute Gasteiger partial charge is 0.481 e. The van der Waals surface area contributed by atoms with Gasteiger partial charge >= 0.3 is 17.9 Å². The summed E-state index contributed by atoms with van der Waals surface area (Å²) in [5, 5.41) is 50.6. The fourth-order valence-electron chi connectivity index (χ4n) is 4.19. The first-order valence-corrected chi connectivity index (χ1v) is 15.8. The van der Waals surface area contributed by atoms with Gasteiger partial charge in [-0.2, -0.15) is 0 Å². The third-order valence-corrected chi connectivity index (χ3v) is 6.92. The van der Waals surface area contributed by atoms with Crippen molar-refractivity contribution in [3.63, 3.8) is 0 Å². The average molecular weight is 719 g/mol. The van der Waals surface area contributed by atoms with Crippen LogP contribution in [-0.4, -0.2) is 130 Å². The highest BCUT2D eigenvalue weighted by molar-refractivity contribution is 5.97. The van der Waals surface area contributed by atoms with Crippen molar-refractivity contribution in [2.75, 3.05) is 19.7 Å². The first-order chi connectivity index (χ1) is 23.3. The predicted octanol–water partition coefficient (Wildman–Crippen LogP) is -4.53. The zero-order valence-corrected chi connectivity index (χ0v) is 28.2. The highest BCUT2D eigenvalue weighted by Crippen LogP contribution is 2.07. The molecule has 0 unspecified atom stereocenters. The molecule has 0 heterocycles. The molecule has 0 saturated heterocycles. The number of unbranched alkanes of at least 4 members (excludes halogenated alkanes) is 1. The number of carbonyl (C=O) groups is 9. The summed E-state index contributed by atoms with van der Waals surface area (Å²) < 4.78 is 0. The monoisotopic (exact) mass is 718 g/mol. The Labute approximate surface area is 288 Å². The number of carboxylic acid groups (broad SMARTS) is 3. The fraction of sp³-hybridized carbons (Fsp3) is 0.690. The second-order valence-electron chi connectivity index (χ2n) is 11.8. The molecule has 21 heteroatoms. The summed E-state index contributed by atoms with van der Waals surface area (Å²) in [6.45, 7) is 3.31. The summed E-state index contributed by atoms with van der Waals surface area (Å²) in [5.41, 5.74) is 11.2. The highest BCUT2D eigenvalue weighted by atomic mass is 16.4. The summed E-state index contributed by atoms with van der Waals surface area (Å²) in [5.74, 6) is -10.5. The molecule has 14 N–H and O–H groups in total. The molecular formula is C29H50N8O13. The third kappa shape index (κ3) is 18.6. The number of amides is 6. The number of carboxylic acids is 3. The molecule has 0 aliphatic carbocycles. The molecule has 50 heavy (non-hydrogen) atoms. The number of aliphatic carboxylic acids is 3. The van der Waals surface area contributed by atoms with Crippen LogP contribution in [0.25, 0.3) is 0 Å². The van der Waals surface area contributed by atoms with E-state index in [4.69, 9.17) is 21.7 Å². The molecule has 0 aromatic carbocycles. The standard InChI is InChI=1S/C29H50N8O13/c1-14(2)10-18(26(46)33-15(3)29(49)50)36-28(48)20(13-38)37-25(45)17(7-8-22(40)41)35-27(47)19(11-23(42)43)34-21(39)12-32-24(44)16(31)6-4-5-9-30/h14-20,38H,4-13,30-31H2,1-3H3,(H,32,44)(H,33,46)(H,34,39)(H,35,47)(H,36,48)(H,37,45)(H,40,41)(H,42,43)(H,49,50)/t15-,16-,17-,18-,19-,20-/m0/s1. The number of rotatable bonds is 25. The minimum absolute atomic E-state index is 0.0370. The van der Waals surface area contributed by atoms with Crippen molar-refractivity contribution in [2.45, 2.75) is 102 Å². The molecule has 0 radical (unpaired) electrons. The molecule has 284 valence electrons. The van der Waals surface area contributed by atoms with Gasteiger partial charge in [0.1, 0.15) is 30.2 Å².